The van der Waals surface area contributed by atoms with Crippen molar-refractivity contribution in [1.29, 1.82) is 0 Å². The Labute approximate surface area is 168 Å². The summed E-state index contributed by atoms with van der Waals surface area (Å²) in [5.74, 6) is -0.159. The van der Waals surface area contributed by atoms with E-state index in [2.05, 4.69) is 25.4 Å². The fourth-order valence-electron chi connectivity index (χ4n) is 2.95. The Morgan fingerprint density at radius 3 is 2.70 bits per heavy atom. The SMILES string of the molecule is CC(C)(CO)Cn1nnc2cc(-c3noc(-c4cnccc4C(F)(F)F)n3)ccc21. The van der Waals surface area contributed by atoms with Crippen LogP contribution in [0, 0.1) is 5.41 Å². The number of aliphatic hydroxyl groups is 1. The van der Waals surface area contributed by atoms with Crippen LogP contribution in [0.3, 0.4) is 0 Å². The number of halogens is 3. The summed E-state index contributed by atoms with van der Waals surface area (Å²) in [6.07, 6.45) is -2.48. The molecule has 0 unspecified atom stereocenters. The van der Waals surface area contributed by atoms with E-state index in [1.165, 1.54) is 0 Å². The van der Waals surface area contributed by atoms with Crippen LogP contribution in [0.15, 0.2) is 41.2 Å². The Bertz CT molecular complexity index is 1200. The van der Waals surface area contributed by atoms with Gasteiger partial charge in [0.05, 0.1) is 23.2 Å². The normalized spacial score (nSPS) is 12.6. The van der Waals surface area contributed by atoms with Gasteiger partial charge in [-0.25, -0.2) is 4.68 Å². The molecule has 0 aliphatic rings. The highest BCUT2D eigenvalue weighted by atomic mass is 19.4. The summed E-state index contributed by atoms with van der Waals surface area (Å²) in [6, 6.07) is 6.00. The summed E-state index contributed by atoms with van der Waals surface area (Å²) in [6.45, 7) is 4.27. The number of aliphatic hydroxyl groups excluding tert-OH is 1. The van der Waals surface area contributed by atoms with E-state index in [4.69, 9.17) is 4.52 Å². The summed E-state index contributed by atoms with van der Waals surface area (Å²) >= 11 is 0. The lowest BCUT2D eigenvalue weighted by Gasteiger charge is -2.21. The maximum atomic E-state index is 13.2. The first-order valence-corrected chi connectivity index (χ1v) is 8.98. The maximum Gasteiger partial charge on any atom is 0.417 e. The van der Waals surface area contributed by atoms with Gasteiger partial charge in [-0.15, -0.1) is 5.10 Å². The second-order valence-corrected chi connectivity index (χ2v) is 7.62. The molecule has 156 valence electrons. The molecule has 0 amide bonds. The molecule has 0 bridgehead atoms. The Morgan fingerprint density at radius 2 is 1.97 bits per heavy atom. The number of rotatable bonds is 5. The van der Waals surface area contributed by atoms with Crippen molar-refractivity contribution in [3.8, 4) is 22.8 Å². The predicted molar refractivity (Wildman–Crippen MR) is 99.9 cm³/mol. The smallest absolute Gasteiger partial charge is 0.396 e. The van der Waals surface area contributed by atoms with Crippen LogP contribution in [0.5, 0.6) is 0 Å². The predicted octanol–water partition coefficient (Wildman–Crippen LogP) is 3.58. The van der Waals surface area contributed by atoms with Crippen LogP contribution in [-0.4, -0.2) is 41.8 Å². The second kappa shape index (κ2) is 7.17. The number of hydrogen-bond acceptors (Lipinski definition) is 7. The summed E-state index contributed by atoms with van der Waals surface area (Å²) < 4.78 is 46.4. The average molecular weight is 418 g/mol. The Morgan fingerprint density at radius 1 is 1.17 bits per heavy atom. The topological polar surface area (TPSA) is 103 Å². The van der Waals surface area contributed by atoms with Crippen molar-refractivity contribution in [2.45, 2.75) is 26.6 Å². The van der Waals surface area contributed by atoms with Crippen molar-refractivity contribution < 1.29 is 22.8 Å². The highest BCUT2D eigenvalue weighted by molar-refractivity contribution is 5.80. The van der Waals surface area contributed by atoms with E-state index in [0.717, 1.165) is 24.0 Å². The molecule has 30 heavy (non-hydrogen) atoms. The van der Waals surface area contributed by atoms with Gasteiger partial charge in [0.1, 0.15) is 5.52 Å². The fraction of sp³-hybridized carbons (Fsp3) is 0.316. The minimum Gasteiger partial charge on any atom is -0.396 e. The highest BCUT2D eigenvalue weighted by Crippen LogP contribution is 2.36. The lowest BCUT2D eigenvalue weighted by molar-refractivity contribution is -0.137. The van der Waals surface area contributed by atoms with Gasteiger partial charge in [-0.2, -0.15) is 18.2 Å². The first-order valence-electron chi connectivity index (χ1n) is 8.98. The lowest BCUT2D eigenvalue weighted by atomic mass is 9.95. The molecule has 11 heteroatoms. The summed E-state index contributed by atoms with van der Waals surface area (Å²) in [5.41, 5.74) is 0.255. The number of hydrogen-bond donors (Lipinski definition) is 1. The Balaban J connectivity index is 1.68. The quantitative estimate of drug-likeness (QED) is 0.528. The van der Waals surface area contributed by atoms with Gasteiger partial charge in [-0.05, 0) is 24.3 Å². The number of aromatic nitrogens is 6. The zero-order chi connectivity index (χ0) is 21.5. The molecule has 4 aromatic rings. The van der Waals surface area contributed by atoms with Crippen molar-refractivity contribution in [2.75, 3.05) is 6.61 Å². The summed E-state index contributed by atoms with van der Waals surface area (Å²) in [7, 11) is 0. The van der Waals surface area contributed by atoms with Crippen molar-refractivity contribution in [3.63, 3.8) is 0 Å². The van der Waals surface area contributed by atoms with E-state index < -0.39 is 11.7 Å². The van der Waals surface area contributed by atoms with Gasteiger partial charge >= 0.3 is 6.18 Å². The number of fused-ring (bicyclic) bond motifs is 1. The zero-order valence-corrected chi connectivity index (χ0v) is 16.1. The van der Waals surface area contributed by atoms with E-state index in [0.29, 0.717) is 17.6 Å². The standard InChI is InChI=1S/C19H17F3N6O2/c1-18(2,10-29)9-28-15-4-3-11(7-14(15)25-27-28)16-24-17(30-26-16)12-8-23-6-5-13(12)19(20,21)22/h3-8,29H,9-10H2,1-2H3. The molecule has 1 N–H and O–H groups in total. The minimum absolute atomic E-state index is 0.00761. The van der Waals surface area contributed by atoms with Gasteiger partial charge in [0, 0.05) is 30.0 Å². The third kappa shape index (κ3) is 3.75. The molecule has 0 saturated carbocycles. The molecular weight excluding hydrogens is 401 g/mol. The zero-order valence-electron chi connectivity index (χ0n) is 16.1. The molecule has 0 fully saturated rings. The van der Waals surface area contributed by atoms with Crippen LogP contribution < -0.4 is 0 Å². The van der Waals surface area contributed by atoms with Crippen molar-refractivity contribution >= 4 is 11.0 Å². The molecule has 0 aliphatic carbocycles. The fourth-order valence-corrected chi connectivity index (χ4v) is 2.95. The maximum absolute atomic E-state index is 13.2. The summed E-state index contributed by atoms with van der Waals surface area (Å²) in [5, 5.41) is 21.5. The third-order valence-electron chi connectivity index (χ3n) is 4.56. The minimum atomic E-state index is -4.58. The lowest BCUT2D eigenvalue weighted by Crippen LogP contribution is -2.24. The largest absolute Gasteiger partial charge is 0.417 e. The van der Waals surface area contributed by atoms with Crippen LogP contribution in [0.2, 0.25) is 0 Å². The monoisotopic (exact) mass is 418 g/mol. The van der Waals surface area contributed by atoms with Crippen molar-refractivity contribution in [3.05, 3.63) is 42.2 Å². The molecule has 0 spiro atoms. The first kappa shape index (κ1) is 20.0. The number of nitrogens with zero attached hydrogens (tertiary/aromatic N) is 6. The van der Waals surface area contributed by atoms with Gasteiger partial charge in [-0.1, -0.05) is 24.2 Å². The molecule has 4 rings (SSSR count). The Kier molecular flexibility index (Phi) is 4.77. The van der Waals surface area contributed by atoms with Crippen molar-refractivity contribution in [1.82, 2.24) is 30.1 Å². The van der Waals surface area contributed by atoms with E-state index in [1.807, 2.05) is 13.8 Å². The first-order chi connectivity index (χ1) is 14.2. The molecule has 0 aliphatic heterocycles. The molecule has 1 aromatic carbocycles. The molecule has 3 heterocycles. The van der Waals surface area contributed by atoms with E-state index in [1.54, 1.807) is 22.9 Å². The van der Waals surface area contributed by atoms with E-state index in [-0.39, 0.29) is 29.3 Å². The van der Waals surface area contributed by atoms with E-state index in [9.17, 15) is 18.3 Å². The number of alkyl halides is 3. The molecule has 0 atom stereocenters. The van der Waals surface area contributed by atoms with Crippen LogP contribution in [0.4, 0.5) is 13.2 Å². The second-order valence-electron chi connectivity index (χ2n) is 7.62. The molecule has 0 saturated heterocycles. The van der Waals surface area contributed by atoms with E-state index >= 15 is 0 Å². The third-order valence-corrected chi connectivity index (χ3v) is 4.56. The molecule has 0 radical (unpaired) electrons. The van der Waals surface area contributed by atoms with Crippen molar-refractivity contribution in [2.24, 2.45) is 5.41 Å². The van der Waals surface area contributed by atoms with Crippen LogP contribution >= 0.6 is 0 Å². The highest BCUT2D eigenvalue weighted by Gasteiger charge is 2.35. The number of benzene rings is 1. The average Bonchev–Trinajstić information content (AvgIpc) is 3.34. The van der Waals surface area contributed by atoms with Gasteiger partial charge < -0.3 is 9.63 Å². The van der Waals surface area contributed by atoms with Crippen LogP contribution in [0.25, 0.3) is 33.9 Å². The number of pyridine rings is 1. The molecule has 8 nitrogen and oxygen atoms in total. The van der Waals surface area contributed by atoms with Gasteiger partial charge in [0.15, 0.2) is 0 Å². The summed E-state index contributed by atoms with van der Waals surface area (Å²) in [4.78, 5) is 7.84. The van der Waals surface area contributed by atoms with Gasteiger partial charge in [0.2, 0.25) is 5.82 Å². The van der Waals surface area contributed by atoms with Gasteiger partial charge in [-0.3, -0.25) is 4.98 Å². The Hall–Kier alpha value is -3.34. The van der Waals surface area contributed by atoms with Crippen LogP contribution in [0.1, 0.15) is 19.4 Å². The van der Waals surface area contributed by atoms with Gasteiger partial charge in [0.25, 0.3) is 5.89 Å². The molecular formula is C19H17F3N6O2. The van der Waals surface area contributed by atoms with Crippen LogP contribution in [-0.2, 0) is 12.7 Å². The molecule has 3 aromatic heterocycles.